The average molecular weight is 282 g/mol. The van der Waals surface area contributed by atoms with Crippen molar-refractivity contribution in [3.63, 3.8) is 0 Å². The summed E-state index contributed by atoms with van der Waals surface area (Å²) in [7, 11) is 0. The lowest BCUT2D eigenvalue weighted by Gasteiger charge is -2.45. The molecule has 2 aliphatic rings. The SMILES string of the molecule is CC(C)C1NC(=O)C(C)(C)N(CCC2CCCO2)C1=O. The van der Waals surface area contributed by atoms with Crippen molar-refractivity contribution in [1.82, 2.24) is 10.2 Å². The standard InChI is InChI=1S/C15H26N2O3/c1-10(2)12-13(18)17(15(3,4)14(19)16-12)8-7-11-6-5-9-20-11/h10-12H,5-9H2,1-4H3,(H,16,19). The van der Waals surface area contributed by atoms with Crippen LogP contribution in [0, 0.1) is 5.92 Å². The Labute approximate surface area is 121 Å². The van der Waals surface area contributed by atoms with Crippen molar-refractivity contribution in [1.29, 1.82) is 0 Å². The van der Waals surface area contributed by atoms with Crippen LogP contribution in [-0.2, 0) is 14.3 Å². The first-order valence-corrected chi connectivity index (χ1v) is 7.58. The van der Waals surface area contributed by atoms with Crippen LogP contribution in [0.25, 0.3) is 0 Å². The molecule has 2 fully saturated rings. The molecule has 0 aromatic carbocycles. The third-order valence-corrected chi connectivity index (χ3v) is 4.41. The van der Waals surface area contributed by atoms with Crippen LogP contribution in [0.15, 0.2) is 0 Å². The summed E-state index contributed by atoms with van der Waals surface area (Å²) in [4.78, 5) is 26.6. The Morgan fingerprint density at radius 3 is 2.65 bits per heavy atom. The highest BCUT2D eigenvalue weighted by molar-refractivity contribution is 5.99. The summed E-state index contributed by atoms with van der Waals surface area (Å²) in [5.41, 5.74) is -0.777. The number of nitrogens with one attached hydrogen (secondary N) is 1. The largest absolute Gasteiger partial charge is 0.378 e. The monoisotopic (exact) mass is 282 g/mol. The molecule has 0 saturated carbocycles. The predicted molar refractivity (Wildman–Crippen MR) is 76.2 cm³/mol. The summed E-state index contributed by atoms with van der Waals surface area (Å²) >= 11 is 0. The quantitative estimate of drug-likeness (QED) is 0.846. The fourth-order valence-corrected chi connectivity index (χ4v) is 2.93. The molecule has 1 N–H and O–H groups in total. The van der Waals surface area contributed by atoms with Crippen molar-refractivity contribution in [3.8, 4) is 0 Å². The zero-order chi connectivity index (χ0) is 14.9. The van der Waals surface area contributed by atoms with Gasteiger partial charge in [0.2, 0.25) is 11.8 Å². The molecule has 20 heavy (non-hydrogen) atoms. The highest BCUT2D eigenvalue weighted by Crippen LogP contribution is 2.25. The Kier molecular flexibility index (Phi) is 4.37. The second kappa shape index (κ2) is 5.72. The van der Waals surface area contributed by atoms with Crippen LogP contribution in [0.3, 0.4) is 0 Å². The van der Waals surface area contributed by atoms with E-state index in [-0.39, 0.29) is 23.8 Å². The number of nitrogens with zero attached hydrogens (tertiary/aromatic N) is 1. The number of rotatable bonds is 4. The molecule has 0 aromatic rings. The molecule has 2 unspecified atom stereocenters. The second-order valence-electron chi connectivity index (χ2n) is 6.67. The maximum atomic E-state index is 12.6. The second-order valence-corrected chi connectivity index (χ2v) is 6.67. The van der Waals surface area contributed by atoms with Crippen molar-refractivity contribution >= 4 is 11.8 Å². The number of hydrogen-bond donors (Lipinski definition) is 1. The van der Waals surface area contributed by atoms with Crippen LogP contribution in [0.4, 0.5) is 0 Å². The molecule has 0 bridgehead atoms. The number of hydrogen-bond acceptors (Lipinski definition) is 3. The zero-order valence-corrected chi connectivity index (χ0v) is 12.9. The lowest BCUT2D eigenvalue weighted by molar-refractivity contribution is -0.157. The lowest BCUT2D eigenvalue weighted by atomic mass is 9.91. The van der Waals surface area contributed by atoms with E-state index in [1.54, 1.807) is 4.90 Å². The molecule has 2 atom stereocenters. The molecule has 5 heteroatoms. The third kappa shape index (κ3) is 2.82. The molecule has 0 radical (unpaired) electrons. The van der Waals surface area contributed by atoms with E-state index in [1.807, 2.05) is 27.7 Å². The van der Waals surface area contributed by atoms with Gasteiger partial charge in [-0.2, -0.15) is 0 Å². The van der Waals surface area contributed by atoms with Crippen molar-refractivity contribution in [3.05, 3.63) is 0 Å². The molecule has 0 aromatic heterocycles. The summed E-state index contributed by atoms with van der Waals surface area (Å²) in [6.07, 6.45) is 3.20. The Hall–Kier alpha value is -1.10. The maximum absolute atomic E-state index is 12.6. The van der Waals surface area contributed by atoms with Gasteiger partial charge in [0.1, 0.15) is 11.6 Å². The number of piperazine rings is 1. The first-order valence-electron chi connectivity index (χ1n) is 7.58. The van der Waals surface area contributed by atoms with Crippen molar-refractivity contribution in [2.24, 2.45) is 5.92 Å². The molecule has 2 rings (SSSR count). The molecular formula is C15H26N2O3. The van der Waals surface area contributed by atoms with Crippen molar-refractivity contribution in [2.45, 2.75) is 64.6 Å². The average Bonchev–Trinajstić information content (AvgIpc) is 2.86. The molecule has 5 nitrogen and oxygen atoms in total. The number of carbonyl (C=O) groups is 2. The molecule has 2 aliphatic heterocycles. The molecular weight excluding hydrogens is 256 g/mol. The van der Waals surface area contributed by atoms with Gasteiger partial charge in [-0.05, 0) is 39.0 Å². The third-order valence-electron chi connectivity index (χ3n) is 4.41. The number of ether oxygens (including phenoxy) is 1. The Morgan fingerprint density at radius 1 is 1.40 bits per heavy atom. The Balaban J connectivity index is 2.08. The molecule has 0 aliphatic carbocycles. The van der Waals surface area contributed by atoms with Gasteiger partial charge in [0.15, 0.2) is 0 Å². The van der Waals surface area contributed by atoms with Crippen molar-refractivity contribution in [2.75, 3.05) is 13.2 Å². The first kappa shape index (κ1) is 15.3. The summed E-state index contributed by atoms with van der Waals surface area (Å²) in [5, 5.41) is 2.85. The minimum atomic E-state index is -0.777. The van der Waals surface area contributed by atoms with Crippen LogP contribution in [0.2, 0.25) is 0 Å². The zero-order valence-electron chi connectivity index (χ0n) is 12.9. The van der Waals surface area contributed by atoms with Crippen LogP contribution in [0.1, 0.15) is 47.0 Å². The van der Waals surface area contributed by atoms with Crippen molar-refractivity contribution < 1.29 is 14.3 Å². The van der Waals surface area contributed by atoms with E-state index >= 15 is 0 Å². The molecule has 114 valence electrons. The van der Waals surface area contributed by atoms with E-state index in [4.69, 9.17) is 4.74 Å². The molecule has 2 amide bonds. The minimum Gasteiger partial charge on any atom is -0.378 e. The Bertz CT molecular complexity index is 387. The smallest absolute Gasteiger partial charge is 0.246 e. The van der Waals surface area contributed by atoms with E-state index in [9.17, 15) is 9.59 Å². The van der Waals surface area contributed by atoms with E-state index in [2.05, 4.69) is 5.32 Å². The number of amides is 2. The topological polar surface area (TPSA) is 58.6 Å². The Morgan fingerprint density at radius 2 is 2.10 bits per heavy atom. The summed E-state index contributed by atoms with van der Waals surface area (Å²) in [6.45, 7) is 8.95. The predicted octanol–water partition coefficient (Wildman–Crippen LogP) is 1.32. The van der Waals surface area contributed by atoms with E-state index in [0.29, 0.717) is 6.54 Å². The molecule has 0 spiro atoms. The fourth-order valence-electron chi connectivity index (χ4n) is 2.93. The normalized spacial score (nSPS) is 29.9. The van der Waals surface area contributed by atoms with Gasteiger partial charge < -0.3 is 15.0 Å². The summed E-state index contributed by atoms with van der Waals surface area (Å²) in [5.74, 6) is 0.0681. The van der Waals surface area contributed by atoms with Gasteiger partial charge in [0.05, 0.1) is 6.10 Å². The first-order chi connectivity index (χ1) is 9.34. The van der Waals surface area contributed by atoms with Gasteiger partial charge >= 0.3 is 0 Å². The van der Waals surface area contributed by atoms with Gasteiger partial charge in [0, 0.05) is 13.2 Å². The summed E-state index contributed by atoms with van der Waals surface area (Å²) in [6, 6.07) is -0.403. The highest BCUT2D eigenvalue weighted by Gasteiger charge is 2.46. The van der Waals surface area contributed by atoms with Crippen LogP contribution < -0.4 is 5.32 Å². The van der Waals surface area contributed by atoms with E-state index in [1.165, 1.54) is 0 Å². The van der Waals surface area contributed by atoms with Gasteiger partial charge in [-0.25, -0.2) is 0 Å². The van der Waals surface area contributed by atoms with E-state index < -0.39 is 11.6 Å². The van der Waals surface area contributed by atoms with Gasteiger partial charge in [-0.15, -0.1) is 0 Å². The van der Waals surface area contributed by atoms with Gasteiger partial charge in [-0.1, -0.05) is 13.8 Å². The van der Waals surface area contributed by atoms with Crippen LogP contribution in [-0.4, -0.2) is 47.6 Å². The van der Waals surface area contributed by atoms with Crippen LogP contribution in [0.5, 0.6) is 0 Å². The summed E-state index contributed by atoms with van der Waals surface area (Å²) < 4.78 is 5.61. The minimum absolute atomic E-state index is 0.0302. The molecule has 2 heterocycles. The van der Waals surface area contributed by atoms with E-state index in [0.717, 1.165) is 25.9 Å². The lowest BCUT2D eigenvalue weighted by Crippen LogP contribution is -2.69. The number of carbonyl (C=O) groups excluding carboxylic acids is 2. The van der Waals surface area contributed by atoms with Crippen LogP contribution >= 0.6 is 0 Å². The molecule has 2 saturated heterocycles. The van der Waals surface area contributed by atoms with Gasteiger partial charge in [-0.3, -0.25) is 9.59 Å². The highest BCUT2D eigenvalue weighted by atomic mass is 16.5. The maximum Gasteiger partial charge on any atom is 0.246 e. The fraction of sp³-hybridized carbons (Fsp3) is 0.867. The van der Waals surface area contributed by atoms with Gasteiger partial charge in [0.25, 0.3) is 0 Å².